The van der Waals surface area contributed by atoms with Crippen molar-refractivity contribution >= 4 is 31.9 Å². The maximum absolute atomic E-state index is 14.1. The second-order valence-corrected chi connectivity index (χ2v) is 6.60. The van der Waals surface area contributed by atoms with E-state index in [1.54, 1.807) is 7.05 Å². The molecule has 0 radical (unpaired) electrons. The summed E-state index contributed by atoms with van der Waals surface area (Å²) in [7, 11) is 1.78. The molecule has 21 heavy (non-hydrogen) atoms. The first-order valence-corrected chi connectivity index (χ1v) is 8.08. The van der Waals surface area contributed by atoms with Crippen molar-refractivity contribution in [3.63, 3.8) is 0 Å². The van der Waals surface area contributed by atoms with E-state index in [9.17, 15) is 8.78 Å². The Morgan fingerprint density at radius 1 is 1.10 bits per heavy atom. The second kappa shape index (κ2) is 6.99. The normalized spacial score (nSPS) is 12.5. The van der Waals surface area contributed by atoms with Crippen molar-refractivity contribution in [3.05, 3.63) is 67.6 Å². The third kappa shape index (κ3) is 3.71. The summed E-state index contributed by atoms with van der Waals surface area (Å²) >= 11 is 6.60. The molecule has 5 heteroatoms. The Kier molecular flexibility index (Phi) is 5.52. The van der Waals surface area contributed by atoms with Gasteiger partial charge < -0.3 is 5.32 Å². The van der Waals surface area contributed by atoms with E-state index in [0.717, 1.165) is 15.6 Å². The van der Waals surface area contributed by atoms with E-state index in [1.807, 2.05) is 25.1 Å². The van der Waals surface area contributed by atoms with Crippen LogP contribution in [0.15, 0.2) is 39.3 Å². The van der Waals surface area contributed by atoms with Crippen LogP contribution in [0.5, 0.6) is 0 Å². The summed E-state index contributed by atoms with van der Waals surface area (Å²) in [5.41, 5.74) is 2.16. The number of likely N-dealkylation sites (N-methyl/N-ethyl adjacent to an activating group) is 1. The van der Waals surface area contributed by atoms with Gasteiger partial charge in [-0.2, -0.15) is 0 Å². The highest BCUT2D eigenvalue weighted by Crippen LogP contribution is 2.30. The van der Waals surface area contributed by atoms with E-state index >= 15 is 0 Å². The van der Waals surface area contributed by atoms with Crippen LogP contribution in [-0.2, 0) is 6.42 Å². The zero-order chi connectivity index (χ0) is 15.6. The van der Waals surface area contributed by atoms with Crippen LogP contribution in [0.4, 0.5) is 8.78 Å². The molecule has 1 N–H and O–H groups in total. The summed E-state index contributed by atoms with van der Waals surface area (Å²) in [6, 6.07) is 8.42. The average Bonchev–Trinajstić information content (AvgIpc) is 2.46. The van der Waals surface area contributed by atoms with Crippen LogP contribution in [0.1, 0.15) is 22.7 Å². The monoisotopic (exact) mass is 417 g/mol. The van der Waals surface area contributed by atoms with Gasteiger partial charge in [0.05, 0.1) is 4.47 Å². The Morgan fingerprint density at radius 3 is 2.43 bits per heavy atom. The molecule has 0 aliphatic carbocycles. The van der Waals surface area contributed by atoms with Crippen LogP contribution < -0.4 is 5.32 Å². The van der Waals surface area contributed by atoms with Crippen molar-refractivity contribution in [3.8, 4) is 0 Å². The molecule has 2 aromatic rings. The lowest BCUT2D eigenvalue weighted by Crippen LogP contribution is -2.20. The lowest BCUT2D eigenvalue weighted by atomic mass is 9.97. The maximum atomic E-state index is 14.1. The first-order valence-electron chi connectivity index (χ1n) is 6.49. The van der Waals surface area contributed by atoms with Crippen LogP contribution in [0, 0.1) is 18.6 Å². The molecule has 0 saturated heterocycles. The SMILES string of the molecule is CNC(Cc1c(F)ccc(Br)c1F)c1cc(C)ccc1Br. The third-order valence-electron chi connectivity index (χ3n) is 3.42. The maximum Gasteiger partial charge on any atom is 0.143 e. The zero-order valence-corrected chi connectivity index (χ0v) is 14.9. The highest BCUT2D eigenvalue weighted by molar-refractivity contribution is 9.10. The number of rotatable bonds is 4. The summed E-state index contributed by atoms with van der Waals surface area (Å²) in [5.74, 6) is -1.07. The predicted octanol–water partition coefficient (Wildman–Crippen LogP) is 5.30. The van der Waals surface area contributed by atoms with E-state index in [4.69, 9.17) is 0 Å². The largest absolute Gasteiger partial charge is 0.313 e. The van der Waals surface area contributed by atoms with Crippen LogP contribution in [0.25, 0.3) is 0 Å². The van der Waals surface area contributed by atoms with E-state index in [1.165, 1.54) is 12.1 Å². The van der Waals surface area contributed by atoms with Crippen molar-refractivity contribution < 1.29 is 8.78 Å². The predicted molar refractivity (Wildman–Crippen MR) is 88.4 cm³/mol. The first-order chi connectivity index (χ1) is 9.93. The minimum absolute atomic E-state index is 0.0807. The van der Waals surface area contributed by atoms with Gasteiger partial charge in [-0.1, -0.05) is 33.6 Å². The van der Waals surface area contributed by atoms with Gasteiger partial charge in [0, 0.05) is 16.1 Å². The molecule has 2 aromatic carbocycles. The van der Waals surface area contributed by atoms with Gasteiger partial charge in [0.25, 0.3) is 0 Å². The van der Waals surface area contributed by atoms with Gasteiger partial charge in [-0.3, -0.25) is 0 Å². The lowest BCUT2D eigenvalue weighted by molar-refractivity contribution is 0.511. The number of aryl methyl sites for hydroxylation is 1. The Bertz CT molecular complexity index is 659. The summed E-state index contributed by atoms with van der Waals surface area (Å²) < 4.78 is 29.2. The Balaban J connectivity index is 2.40. The summed E-state index contributed by atoms with van der Waals surface area (Å²) in [4.78, 5) is 0. The van der Waals surface area contributed by atoms with E-state index in [0.29, 0.717) is 0 Å². The number of halogens is 4. The fraction of sp³-hybridized carbons (Fsp3) is 0.250. The molecule has 0 saturated carbocycles. The Morgan fingerprint density at radius 2 is 1.76 bits per heavy atom. The number of benzene rings is 2. The van der Waals surface area contributed by atoms with Crippen molar-refractivity contribution in [1.29, 1.82) is 0 Å². The van der Waals surface area contributed by atoms with Gasteiger partial charge in [-0.25, -0.2) is 8.78 Å². The van der Waals surface area contributed by atoms with Gasteiger partial charge in [-0.05, 0) is 60.1 Å². The quantitative estimate of drug-likeness (QED) is 0.664. The van der Waals surface area contributed by atoms with Gasteiger partial charge in [0.1, 0.15) is 11.6 Å². The molecule has 0 bridgehead atoms. The van der Waals surface area contributed by atoms with Crippen molar-refractivity contribution in [2.75, 3.05) is 7.05 Å². The fourth-order valence-corrected chi connectivity index (χ4v) is 3.15. The molecule has 2 rings (SSSR count). The molecule has 0 aliphatic rings. The molecular weight excluding hydrogens is 404 g/mol. The topological polar surface area (TPSA) is 12.0 Å². The second-order valence-electron chi connectivity index (χ2n) is 4.89. The molecule has 0 aromatic heterocycles. The molecule has 112 valence electrons. The molecular formula is C16H15Br2F2N. The smallest absolute Gasteiger partial charge is 0.143 e. The molecule has 0 heterocycles. The van der Waals surface area contributed by atoms with Crippen LogP contribution in [0.3, 0.4) is 0 Å². The molecule has 0 aliphatic heterocycles. The Labute approximate surface area is 140 Å². The van der Waals surface area contributed by atoms with Crippen LogP contribution in [-0.4, -0.2) is 7.05 Å². The van der Waals surface area contributed by atoms with Crippen molar-refractivity contribution in [1.82, 2.24) is 5.32 Å². The first kappa shape index (κ1) is 16.6. The van der Waals surface area contributed by atoms with Gasteiger partial charge in [-0.15, -0.1) is 0 Å². The molecule has 1 unspecified atom stereocenters. The average molecular weight is 419 g/mol. The summed E-state index contributed by atoms with van der Waals surface area (Å²) in [5, 5.41) is 3.13. The standard InChI is InChI=1S/C16H15Br2F2N/c1-9-3-4-12(17)10(7-9)15(21-2)8-11-14(19)6-5-13(18)16(11)20/h3-7,15,21H,8H2,1-2H3. The molecule has 0 spiro atoms. The summed E-state index contributed by atoms with van der Waals surface area (Å²) in [6.45, 7) is 1.99. The molecule has 0 amide bonds. The number of hydrogen-bond acceptors (Lipinski definition) is 1. The minimum Gasteiger partial charge on any atom is -0.313 e. The molecule has 1 atom stereocenters. The highest BCUT2D eigenvalue weighted by atomic mass is 79.9. The highest BCUT2D eigenvalue weighted by Gasteiger charge is 2.19. The van der Waals surface area contributed by atoms with E-state index in [-0.39, 0.29) is 22.5 Å². The van der Waals surface area contributed by atoms with Gasteiger partial charge in [0.15, 0.2) is 0 Å². The summed E-state index contributed by atoms with van der Waals surface area (Å²) in [6.07, 6.45) is 0.232. The molecule has 0 fully saturated rings. The van der Waals surface area contributed by atoms with Gasteiger partial charge >= 0.3 is 0 Å². The zero-order valence-electron chi connectivity index (χ0n) is 11.7. The molecule has 1 nitrogen and oxygen atoms in total. The van der Waals surface area contributed by atoms with Crippen LogP contribution >= 0.6 is 31.9 Å². The van der Waals surface area contributed by atoms with E-state index in [2.05, 4.69) is 37.2 Å². The fourth-order valence-electron chi connectivity index (χ4n) is 2.26. The van der Waals surface area contributed by atoms with Crippen LogP contribution in [0.2, 0.25) is 0 Å². The van der Waals surface area contributed by atoms with Crippen molar-refractivity contribution in [2.24, 2.45) is 0 Å². The van der Waals surface area contributed by atoms with E-state index < -0.39 is 11.6 Å². The van der Waals surface area contributed by atoms with Crippen molar-refractivity contribution in [2.45, 2.75) is 19.4 Å². The number of nitrogens with one attached hydrogen (secondary N) is 1. The lowest BCUT2D eigenvalue weighted by Gasteiger charge is -2.20. The van der Waals surface area contributed by atoms with Gasteiger partial charge in [0.2, 0.25) is 0 Å². The Hall–Kier alpha value is -0.780. The number of hydrogen-bond donors (Lipinski definition) is 1. The third-order valence-corrected chi connectivity index (χ3v) is 4.76. The minimum atomic E-state index is -0.543.